The van der Waals surface area contributed by atoms with Crippen molar-refractivity contribution in [1.82, 2.24) is 29.7 Å². The Morgan fingerprint density at radius 1 is 1.23 bits per heavy atom. The van der Waals surface area contributed by atoms with Gasteiger partial charge in [0.1, 0.15) is 24.0 Å². The number of carbonyl (C=O) groups excluding carboxylic acids is 2. The molecule has 2 aromatic rings. The molecule has 2 aromatic heterocycles. The lowest BCUT2D eigenvalue weighted by atomic mass is 9.94. The molecule has 212 valence electrons. The van der Waals surface area contributed by atoms with Gasteiger partial charge >= 0.3 is 6.09 Å². The van der Waals surface area contributed by atoms with Crippen LogP contribution in [0, 0.1) is 17.8 Å². The van der Waals surface area contributed by atoms with Gasteiger partial charge in [-0.3, -0.25) is 9.36 Å². The third-order valence-corrected chi connectivity index (χ3v) is 6.46. The minimum atomic E-state index is -1.38. The van der Waals surface area contributed by atoms with E-state index in [9.17, 15) is 19.8 Å². The van der Waals surface area contributed by atoms with Crippen molar-refractivity contribution in [1.29, 1.82) is 0 Å². The highest BCUT2D eigenvalue weighted by Crippen LogP contribution is 2.23. The Morgan fingerprint density at radius 3 is 2.59 bits per heavy atom. The van der Waals surface area contributed by atoms with Gasteiger partial charge in [0.25, 0.3) is 5.91 Å². The highest BCUT2D eigenvalue weighted by atomic mass is 16.6. The molecular formula is C26H37N7O6. The number of imidazole rings is 1. The predicted molar refractivity (Wildman–Crippen MR) is 141 cm³/mol. The molecule has 2 aliphatic rings. The fourth-order valence-corrected chi connectivity index (χ4v) is 4.17. The summed E-state index contributed by atoms with van der Waals surface area (Å²) in [5.41, 5.74) is 6.30. The molecule has 3 heterocycles. The zero-order valence-corrected chi connectivity index (χ0v) is 22.6. The number of carbonyl (C=O) groups is 2. The number of hydrogen-bond acceptors (Lipinski definition) is 10. The van der Waals surface area contributed by atoms with Crippen molar-refractivity contribution in [2.75, 3.05) is 25.4 Å². The van der Waals surface area contributed by atoms with Crippen LogP contribution in [0.25, 0.3) is 11.2 Å². The molecule has 4 rings (SSSR count). The van der Waals surface area contributed by atoms with Gasteiger partial charge in [-0.25, -0.2) is 19.7 Å². The molecule has 2 atom stereocenters. The van der Waals surface area contributed by atoms with Gasteiger partial charge < -0.3 is 35.6 Å². The minimum Gasteiger partial charge on any atom is -0.444 e. The number of nitrogens with two attached hydrogens (primary N) is 1. The lowest BCUT2D eigenvalue weighted by Crippen LogP contribution is -2.46. The lowest BCUT2D eigenvalue weighted by Gasteiger charge is -2.32. The Labute approximate surface area is 227 Å². The third kappa shape index (κ3) is 7.78. The molecule has 1 aliphatic carbocycles. The van der Waals surface area contributed by atoms with E-state index in [0.717, 1.165) is 25.7 Å². The number of aliphatic hydroxyl groups excluding tert-OH is 2. The van der Waals surface area contributed by atoms with Crippen LogP contribution in [0.3, 0.4) is 0 Å². The number of amides is 2. The van der Waals surface area contributed by atoms with E-state index in [2.05, 4.69) is 32.1 Å². The maximum Gasteiger partial charge on any atom is 0.410 e. The summed E-state index contributed by atoms with van der Waals surface area (Å²) in [6.45, 7) is 6.03. The van der Waals surface area contributed by atoms with Gasteiger partial charge in [0, 0.05) is 25.6 Å². The van der Waals surface area contributed by atoms with Gasteiger partial charge in [0.15, 0.2) is 17.6 Å². The van der Waals surface area contributed by atoms with E-state index in [0.29, 0.717) is 36.6 Å². The first-order valence-corrected chi connectivity index (χ1v) is 13.2. The molecule has 2 amide bonds. The molecule has 0 bridgehead atoms. The van der Waals surface area contributed by atoms with Crippen molar-refractivity contribution in [3.05, 3.63) is 12.2 Å². The van der Waals surface area contributed by atoms with Crippen molar-refractivity contribution < 1.29 is 29.3 Å². The van der Waals surface area contributed by atoms with E-state index in [1.54, 1.807) is 4.90 Å². The van der Waals surface area contributed by atoms with Gasteiger partial charge in [0.05, 0.1) is 12.9 Å². The van der Waals surface area contributed by atoms with Gasteiger partial charge in [-0.05, 0) is 58.3 Å². The van der Waals surface area contributed by atoms with Crippen molar-refractivity contribution >= 4 is 29.0 Å². The Balaban J connectivity index is 1.36. The van der Waals surface area contributed by atoms with Crippen LogP contribution in [0.2, 0.25) is 0 Å². The first-order valence-electron chi connectivity index (χ1n) is 13.2. The summed E-state index contributed by atoms with van der Waals surface area (Å²) in [4.78, 5) is 39.4. The zero-order chi connectivity index (χ0) is 28.2. The van der Waals surface area contributed by atoms with E-state index < -0.39 is 30.3 Å². The Bertz CT molecular complexity index is 1240. The fourth-order valence-electron chi connectivity index (χ4n) is 4.17. The van der Waals surface area contributed by atoms with Gasteiger partial charge in [-0.15, -0.1) is 0 Å². The molecule has 0 spiro atoms. The average Bonchev–Trinajstić information content (AvgIpc) is 3.60. The summed E-state index contributed by atoms with van der Waals surface area (Å²) in [5.74, 6) is 6.34. The van der Waals surface area contributed by atoms with Crippen molar-refractivity contribution in [2.45, 2.75) is 83.5 Å². The molecule has 0 aromatic carbocycles. The molecule has 1 unspecified atom stereocenters. The Hall–Kier alpha value is -3.47. The molecule has 5 N–H and O–H groups in total. The largest absolute Gasteiger partial charge is 0.444 e. The normalized spacial score (nSPS) is 17.8. The molecule has 1 aliphatic heterocycles. The summed E-state index contributed by atoms with van der Waals surface area (Å²) in [7, 11) is 0. The van der Waals surface area contributed by atoms with Crippen molar-refractivity contribution in [3.8, 4) is 11.8 Å². The van der Waals surface area contributed by atoms with Crippen LogP contribution in [0.4, 0.5) is 10.6 Å². The van der Waals surface area contributed by atoms with Crippen LogP contribution in [-0.4, -0.2) is 90.2 Å². The van der Waals surface area contributed by atoms with Gasteiger partial charge in [0.2, 0.25) is 5.82 Å². The van der Waals surface area contributed by atoms with Crippen molar-refractivity contribution in [3.63, 3.8) is 0 Å². The number of ether oxygens (including phenoxy) is 2. The highest BCUT2D eigenvalue weighted by molar-refractivity contribution is 5.82. The lowest BCUT2D eigenvalue weighted by molar-refractivity contribution is -0.147. The second-order valence-electron chi connectivity index (χ2n) is 11.0. The number of rotatable bonds is 8. The number of likely N-dealkylation sites (tertiary alicyclic amines) is 1. The molecular weight excluding hydrogens is 506 g/mol. The summed E-state index contributed by atoms with van der Waals surface area (Å²) >= 11 is 0. The quantitative estimate of drug-likeness (QED) is 0.348. The van der Waals surface area contributed by atoms with Crippen LogP contribution in [0.5, 0.6) is 0 Å². The highest BCUT2D eigenvalue weighted by Gasteiger charge is 2.32. The molecule has 1 saturated heterocycles. The molecule has 13 nitrogen and oxygen atoms in total. The minimum absolute atomic E-state index is 0.0785. The van der Waals surface area contributed by atoms with Crippen LogP contribution in [0.1, 0.15) is 58.7 Å². The number of piperidine rings is 1. The monoisotopic (exact) mass is 543 g/mol. The van der Waals surface area contributed by atoms with Crippen molar-refractivity contribution in [2.24, 2.45) is 5.92 Å². The molecule has 39 heavy (non-hydrogen) atoms. The van der Waals surface area contributed by atoms with E-state index in [-0.39, 0.29) is 30.5 Å². The second kappa shape index (κ2) is 12.1. The summed E-state index contributed by atoms with van der Waals surface area (Å²) < 4.78 is 12.6. The smallest absolute Gasteiger partial charge is 0.410 e. The number of fused-ring (bicyclic) bond motifs is 1. The van der Waals surface area contributed by atoms with E-state index in [1.807, 2.05) is 20.8 Å². The zero-order valence-electron chi connectivity index (χ0n) is 22.6. The maximum absolute atomic E-state index is 12.5. The first kappa shape index (κ1) is 28.5. The summed E-state index contributed by atoms with van der Waals surface area (Å²) in [5, 5.41) is 22.2. The average molecular weight is 544 g/mol. The Morgan fingerprint density at radius 2 is 1.95 bits per heavy atom. The van der Waals surface area contributed by atoms with Gasteiger partial charge in [-0.2, -0.15) is 0 Å². The van der Waals surface area contributed by atoms with E-state index in [4.69, 9.17) is 15.2 Å². The number of anilines is 1. The third-order valence-electron chi connectivity index (χ3n) is 6.46. The van der Waals surface area contributed by atoms with Crippen LogP contribution >= 0.6 is 0 Å². The molecule has 2 fully saturated rings. The number of nitrogens with zero attached hydrogens (tertiary/aromatic N) is 5. The topological polar surface area (TPSA) is 178 Å². The number of aliphatic hydroxyl groups is 2. The van der Waals surface area contributed by atoms with Crippen LogP contribution in [0.15, 0.2) is 6.33 Å². The predicted octanol–water partition coefficient (Wildman–Crippen LogP) is 0.772. The van der Waals surface area contributed by atoms with E-state index in [1.165, 1.54) is 10.9 Å². The second-order valence-corrected chi connectivity index (χ2v) is 11.0. The summed E-state index contributed by atoms with van der Waals surface area (Å²) in [6, 6.07) is 0.0785. The fraction of sp³-hybridized carbons (Fsp3) is 0.654. The Kier molecular flexibility index (Phi) is 8.89. The first-order chi connectivity index (χ1) is 18.5. The molecule has 1 saturated carbocycles. The van der Waals surface area contributed by atoms with Crippen LogP contribution < -0.4 is 11.1 Å². The maximum atomic E-state index is 12.5. The molecule has 0 radical (unpaired) electrons. The SMILES string of the molecule is CC(C)(C)OC(=O)N1CCC(CC#Cc2nc(N)c3ncn(CO[C@H](C(=O)NC4CC4)C(O)CO)c3n2)CC1. The number of nitrogens with one attached hydrogen (secondary N) is 1. The van der Waals surface area contributed by atoms with E-state index >= 15 is 0 Å². The van der Waals surface area contributed by atoms with Crippen LogP contribution in [-0.2, 0) is 21.0 Å². The number of nitrogen functional groups attached to an aromatic ring is 1. The number of aromatic nitrogens is 4. The number of hydrogen-bond donors (Lipinski definition) is 4. The van der Waals surface area contributed by atoms with Gasteiger partial charge in [-0.1, -0.05) is 5.92 Å². The standard InChI is InChI=1S/C26H37N7O6/c1-26(2,3)39-25(37)32-11-9-16(10-12-32)5-4-6-19-30-22(27)20-23(31-19)33(14-28-20)15-38-21(18(35)13-34)24(36)29-17-7-8-17/h14,16-18,21,34-35H,5,7-13,15H2,1-3H3,(H,29,36)(H2,27,30,31)/t18?,21-/m0/s1. The molecule has 13 heteroatoms. The summed E-state index contributed by atoms with van der Waals surface area (Å²) in [6.07, 6.45) is 2.57.